The normalized spacial score (nSPS) is 22.5. The molecule has 21 heavy (non-hydrogen) atoms. The second kappa shape index (κ2) is 5.67. The first-order valence-electron chi connectivity index (χ1n) is 6.36. The summed E-state index contributed by atoms with van der Waals surface area (Å²) in [7, 11) is 0. The van der Waals surface area contributed by atoms with Gasteiger partial charge < -0.3 is 10.0 Å². The summed E-state index contributed by atoms with van der Waals surface area (Å²) >= 11 is 1.47. The molecule has 0 spiro atoms. The summed E-state index contributed by atoms with van der Waals surface area (Å²) in [5.41, 5.74) is -2.83. The maximum absolute atomic E-state index is 13.0. The van der Waals surface area contributed by atoms with E-state index in [1.165, 1.54) is 11.3 Å². The van der Waals surface area contributed by atoms with E-state index in [9.17, 15) is 22.8 Å². The third-order valence-corrected chi connectivity index (χ3v) is 4.68. The number of rotatable bonds is 4. The Bertz CT molecular complexity index is 529. The lowest BCUT2D eigenvalue weighted by Crippen LogP contribution is -2.47. The van der Waals surface area contributed by atoms with Crippen LogP contribution in [-0.2, 0) is 16.0 Å². The number of carboxylic acids is 1. The van der Waals surface area contributed by atoms with E-state index in [0.717, 1.165) is 9.78 Å². The molecule has 4 nitrogen and oxygen atoms in total. The van der Waals surface area contributed by atoms with Gasteiger partial charge in [0.25, 0.3) is 0 Å². The van der Waals surface area contributed by atoms with Gasteiger partial charge in [-0.05, 0) is 24.3 Å². The van der Waals surface area contributed by atoms with E-state index in [2.05, 4.69) is 0 Å². The molecule has 0 radical (unpaired) electrons. The monoisotopic (exact) mass is 321 g/mol. The van der Waals surface area contributed by atoms with E-state index in [1.54, 1.807) is 0 Å². The maximum atomic E-state index is 13.0. The molecule has 8 heteroatoms. The molecule has 2 heterocycles. The summed E-state index contributed by atoms with van der Waals surface area (Å²) in [4.78, 5) is 25.0. The fourth-order valence-corrected chi connectivity index (χ4v) is 3.10. The fraction of sp³-hybridized carbons (Fsp3) is 0.538. The Hall–Kier alpha value is -1.57. The molecule has 0 saturated carbocycles. The molecule has 1 aliphatic heterocycles. The first-order chi connectivity index (χ1) is 9.76. The third-order valence-electron chi connectivity index (χ3n) is 3.74. The van der Waals surface area contributed by atoms with Gasteiger partial charge in [-0.2, -0.15) is 13.2 Å². The number of hydrogen-bond donors (Lipinski definition) is 1. The van der Waals surface area contributed by atoms with E-state index < -0.39 is 36.4 Å². The zero-order valence-corrected chi connectivity index (χ0v) is 11.8. The van der Waals surface area contributed by atoms with Crippen LogP contribution in [0.5, 0.6) is 0 Å². The molecule has 0 aliphatic carbocycles. The summed E-state index contributed by atoms with van der Waals surface area (Å²) in [6.45, 7) is -0.968. The highest BCUT2D eigenvalue weighted by Gasteiger charge is 2.64. The summed E-state index contributed by atoms with van der Waals surface area (Å²) < 4.78 is 39.0. The van der Waals surface area contributed by atoms with Gasteiger partial charge in [0.05, 0.1) is 0 Å². The molecular weight excluding hydrogens is 307 g/mol. The van der Waals surface area contributed by atoms with Crippen molar-refractivity contribution in [2.24, 2.45) is 5.41 Å². The Morgan fingerprint density at radius 1 is 1.43 bits per heavy atom. The van der Waals surface area contributed by atoms with Crippen LogP contribution in [0.2, 0.25) is 0 Å². The Morgan fingerprint density at radius 3 is 2.62 bits per heavy atom. The number of alkyl halides is 3. The second-order valence-corrected chi connectivity index (χ2v) is 6.06. The number of carbonyl (C=O) groups excluding carboxylic acids is 1. The fourth-order valence-electron chi connectivity index (χ4n) is 2.39. The van der Waals surface area contributed by atoms with E-state index in [0.29, 0.717) is 6.42 Å². The number of amides is 1. The quantitative estimate of drug-likeness (QED) is 0.927. The zero-order chi connectivity index (χ0) is 15.7. The number of carboxylic acid groups (broad SMARTS) is 1. The summed E-state index contributed by atoms with van der Waals surface area (Å²) in [6.07, 6.45) is -4.90. The van der Waals surface area contributed by atoms with E-state index in [1.807, 2.05) is 17.5 Å². The highest BCUT2D eigenvalue weighted by molar-refractivity contribution is 7.09. The van der Waals surface area contributed by atoms with Gasteiger partial charge in [0.2, 0.25) is 5.91 Å². The van der Waals surface area contributed by atoms with Crippen LogP contribution < -0.4 is 0 Å². The smallest absolute Gasteiger partial charge is 0.406 e. The Kier molecular flexibility index (Phi) is 4.27. The summed E-state index contributed by atoms with van der Waals surface area (Å²) in [6, 6.07) is 3.68. The van der Waals surface area contributed by atoms with Crippen molar-refractivity contribution in [3.63, 3.8) is 0 Å². The molecule has 1 amide bonds. The zero-order valence-electron chi connectivity index (χ0n) is 11.0. The number of halogens is 3. The van der Waals surface area contributed by atoms with Crippen molar-refractivity contribution < 1.29 is 27.9 Å². The largest absolute Gasteiger partial charge is 0.481 e. The lowest BCUT2D eigenvalue weighted by atomic mass is 9.86. The average molecular weight is 321 g/mol. The van der Waals surface area contributed by atoms with Gasteiger partial charge in [-0.3, -0.25) is 9.59 Å². The maximum Gasteiger partial charge on any atom is 0.406 e. The minimum absolute atomic E-state index is 0.0913. The van der Waals surface area contributed by atoms with Gasteiger partial charge in [0, 0.05) is 24.4 Å². The Morgan fingerprint density at radius 2 is 2.14 bits per heavy atom. The van der Waals surface area contributed by atoms with Crippen LogP contribution in [0, 0.1) is 5.41 Å². The van der Waals surface area contributed by atoms with Crippen molar-refractivity contribution in [3.8, 4) is 0 Å². The van der Waals surface area contributed by atoms with Crippen molar-refractivity contribution in [2.75, 3.05) is 13.1 Å². The topological polar surface area (TPSA) is 57.6 Å². The first-order valence-corrected chi connectivity index (χ1v) is 7.24. The van der Waals surface area contributed by atoms with Crippen LogP contribution in [0.3, 0.4) is 0 Å². The molecule has 2 rings (SSSR count). The molecule has 1 atom stereocenters. The lowest BCUT2D eigenvalue weighted by Gasteiger charge is -2.27. The number of aryl methyl sites for hydroxylation is 1. The highest BCUT2D eigenvalue weighted by Crippen LogP contribution is 2.45. The number of aliphatic carboxylic acids is 1. The van der Waals surface area contributed by atoms with Crippen molar-refractivity contribution in [2.45, 2.75) is 25.4 Å². The molecule has 0 bridgehead atoms. The summed E-state index contributed by atoms with van der Waals surface area (Å²) in [5, 5.41) is 10.8. The predicted octanol–water partition coefficient (Wildman–Crippen LogP) is 2.55. The van der Waals surface area contributed by atoms with Crippen molar-refractivity contribution in [1.29, 1.82) is 0 Å². The van der Waals surface area contributed by atoms with E-state index >= 15 is 0 Å². The van der Waals surface area contributed by atoms with Gasteiger partial charge in [0.1, 0.15) is 0 Å². The van der Waals surface area contributed by atoms with Gasteiger partial charge in [-0.1, -0.05) is 6.07 Å². The van der Waals surface area contributed by atoms with Crippen LogP contribution >= 0.6 is 11.3 Å². The molecule has 1 aliphatic rings. The molecular formula is C13H14F3NO3S. The predicted molar refractivity (Wildman–Crippen MR) is 70.0 cm³/mol. The number of likely N-dealkylation sites (tertiary alicyclic amines) is 1. The van der Waals surface area contributed by atoms with Crippen LogP contribution in [0.25, 0.3) is 0 Å². The molecule has 1 saturated heterocycles. The molecule has 1 unspecified atom stereocenters. The first kappa shape index (κ1) is 15.8. The van der Waals surface area contributed by atoms with Crippen LogP contribution in [0.4, 0.5) is 13.2 Å². The van der Waals surface area contributed by atoms with Gasteiger partial charge in [-0.25, -0.2) is 0 Å². The summed E-state index contributed by atoms with van der Waals surface area (Å²) in [5.74, 6) is -2.35. The highest BCUT2D eigenvalue weighted by atomic mass is 32.1. The molecule has 1 fully saturated rings. The number of carbonyl (C=O) groups is 2. The van der Waals surface area contributed by atoms with Crippen LogP contribution in [0.15, 0.2) is 17.5 Å². The van der Waals surface area contributed by atoms with Crippen LogP contribution in [-0.4, -0.2) is 41.1 Å². The number of thiophene rings is 1. The third kappa shape index (κ3) is 3.04. The average Bonchev–Trinajstić information content (AvgIpc) is 3.04. The van der Waals surface area contributed by atoms with Gasteiger partial charge in [0.15, 0.2) is 5.41 Å². The van der Waals surface area contributed by atoms with Gasteiger partial charge in [-0.15, -0.1) is 11.3 Å². The number of nitrogens with zero attached hydrogens (tertiary/aromatic N) is 1. The molecule has 1 N–H and O–H groups in total. The van der Waals surface area contributed by atoms with Crippen molar-refractivity contribution in [1.82, 2.24) is 4.90 Å². The Labute approximate surface area is 123 Å². The number of hydrogen-bond acceptors (Lipinski definition) is 3. The molecule has 1 aromatic heterocycles. The Balaban J connectivity index is 2.00. The molecule has 116 valence electrons. The minimum atomic E-state index is -4.86. The van der Waals surface area contributed by atoms with Crippen LogP contribution in [0.1, 0.15) is 17.7 Å². The minimum Gasteiger partial charge on any atom is -0.481 e. The van der Waals surface area contributed by atoms with Crippen molar-refractivity contribution >= 4 is 23.2 Å². The molecule has 0 aromatic carbocycles. The van der Waals surface area contributed by atoms with E-state index in [4.69, 9.17) is 5.11 Å². The second-order valence-electron chi connectivity index (χ2n) is 5.03. The van der Waals surface area contributed by atoms with E-state index in [-0.39, 0.29) is 13.0 Å². The van der Waals surface area contributed by atoms with Crippen molar-refractivity contribution in [3.05, 3.63) is 22.4 Å². The SMILES string of the molecule is O=C(CCc1cccs1)N1CCC(C(=O)O)(C(F)(F)F)C1. The van der Waals surface area contributed by atoms with Gasteiger partial charge >= 0.3 is 12.1 Å². The standard InChI is InChI=1S/C13H14F3NO3S/c14-13(15,16)12(11(19)20)5-6-17(8-12)10(18)4-3-9-2-1-7-21-9/h1-2,7H,3-6,8H2,(H,19,20). The lowest BCUT2D eigenvalue weighted by molar-refractivity contribution is -0.227. The molecule has 1 aromatic rings.